The van der Waals surface area contributed by atoms with Crippen LogP contribution in [-0.2, 0) is 14.4 Å². The average molecular weight is 223 g/mol. The molecular formula is C12H17NO3. The quantitative estimate of drug-likeness (QED) is 0.664. The summed E-state index contributed by atoms with van der Waals surface area (Å²) in [4.78, 5) is 28.4. The molecule has 1 aliphatic heterocycles. The van der Waals surface area contributed by atoms with Crippen LogP contribution in [0.15, 0.2) is 0 Å². The van der Waals surface area contributed by atoms with Gasteiger partial charge in [0.1, 0.15) is 0 Å². The summed E-state index contributed by atoms with van der Waals surface area (Å²) in [5.74, 6) is 1.57. The van der Waals surface area contributed by atoms with E-state index < -0.39 is 0 Å². The zero-order valence-corrected chi connectivity index (χ0v) is 9.52. The molecule has 3 rings (SSSR count). The van der Waals surface area contributed by atoms with Crippen molar-refractivity contribution in [1.82, 2.24) is 5.06 Å². The Balaban J connectivity index is 1.77. The molecule has 2 bridgehead atoms. The number of carbonyl (C=O) groups excluding carboxylic acids is 2. The highest BCUT2D eigenvalue weighted by molar-refractivity contribution is 6.02. The van der Waals surface area contributed by atoms with Crippen LogP contribution >= 0.6 is 0 Å². The molecule has 0 aromatic rings. The summed E-state index contributed by atoms with van der Waals surface area (Å²) in [5.41, 5.74) is 0. The molecule has 88 valence electrons. The Hall–Kier alpha value is -0.900. The summed E-state index contributed by atoms with van der Waals surface area (Å²) < 4.78 is 0. The van der Waals surface area contributed by atoms with Crippen molar-refractivity contribution in [3.8, 4) is 0 Å². The van der Waals surface area contributed by atoms with Crippen LogP contribution in [-0.4, -0.2) is 24.0 Å². The fourth-order valence-electron chi connectivity index (χ4n) is 3.94. The van der Waals surface area contributed by atoms with E-state index in [1.165, 1.54) is 26.4 Å². The normalized spacial score (nSPS) is 42.4. The summed E-state index contributed by atoms with van der Waals surface area (Å²) in [6.45, 7) is 0. The molecule has 4 heteroatoms. The Morgan fingerprint density at radius 3 is 2.56 bits per heavy atom. The fourth-order valence-corrected chi connectivity index (χ4v) is 3.94. The Labute approximate surface area is 94.9 Å². The SMILES string of the molecule is CON1C(=O)CC(C2CC3CCC2C3)C1=O. The minimum absolute atomic E-state index is 0.0947. The second-order valence-electron chi connectivity index (χ2n) is 5.36. The molecule has 2 saturated carbocycles. The highest BCUT2D eigenvalue weighted by Gasteiger charge is 2.50. The van der Waals surface area contributed by atoms with Gasteiger partial charge in [-0.3, -0.25) is 14.4 Å². The lowest BCUT2D eigenvalue weighted by atomic mass is 9.78. The van der Waals surface area contributed by atoms with E-state index in [0.29, 0.717) is 18.3 Å². The van der Waals surface area contributed by atoms with Crippen molar-refractivity contribution in [2.24, 2.45) is 23.7 Å². The zero-order chi connectivity index (χ0) is 11.3. The second kappa shape index (κ2) is 3.55. The average Bonchev–Trinajstić information content (AvgIpc) is 2.93. The Kier molecular flexibility index (Phi) is 2.28. The van der Waals surface area contributed by atoms with E-state index in [0.717, 1.165) is 17.4 Å². The number of imide groups is 1. The van der Waals surface area contributed by atoms with Crippen LogP contribution < -0.4 is 0 Å². The predicted molar refractivity (Wildman–Crippen MR) is 55.9 cm³/mol. The molecule has 0 aromatic heterocycles. The highest BCUT2D eigenvalue weighted by Crippen LogP contribution is 2.52. The molecule has 1 saturated heterocycles. The van der Waals surface area contributed by atoms with Crippen LogP contribution in [0.4, 0.5) is 0 Å². The largest absolute Gasteiger partial charge is 0.272 e. The van der Waals surface area contributed by atoms with E-state index in [1.54, 1.807) is 0 Å². The lowest BCUT2D eigenvalue weighted by molar-refractivity contribution is -0.181. The third-order valence-corrected chi connectivity index (χ3v) is 4.63. The first kappa shape index (κ1) is 10.3. The zero-order valence-electron chi connectivity index (χ0n) is 9.52. The molecular weight excluding hydrogens is 206 g/mol. The number of hydrogen-bond donors (Lipinski definition) is 0. The van der Waals surface area contributed by atoms with Crippen molar-refractivity contribution in [3.63, 3.8) is 0 Å². The van der Waals surface area contributed by atoms with Gasteiger partial charge in [0.25, 0.3) is 11.8 Å². The van der Waals surface area contributed by atoms with Gasteiger partial charge < -0.3 is 0 Å². The van der Waals surface area contributed by atoms with Gasteiger partial charge in [0.2, 0.25) is 0 Å². The first-order chi connectivity index (χ1) is 7.70. The van der Waals surface area contributed by atoms with E-state index in [-0.39, 0.29) is 17.7 Å². The van der Waals surface area contributed by atoms with Crippen LogP contribution in [0.25, 0.3) is 0 Å². The molecule has 4 nitrogen and oxygen atoms in total. The van der Waals surface area contributed by atoms with Crippen LogP contribution in [0, 0.1) is 23.7 Å². The fraction of sp³-hybridized carbons (Fsp3) is 0.833. The maximum Gasteiger partial charge on any atom is 0.257 e. The van der Waals surface area contributed by atoms with Gasteiger partial charge in [-0.2, -0.15) is 5.06 Å². The number of rotatable bonds is 2. The molecule has 0 spiro atoms. The summed E-state index contributed by atoms with van der Waals surface area (Å²) >= 11 is 0. The topological polar surface area (TPSA) is 46.6 Å². The van der Waals surface area contributed by atoms with Crippen LogP contribution in [0.2, 0.25) is 0 Å². The lowest BCUT2D eigenvalue weighted by Gasteiger charge is -2.25. The van der Waals surface area contributed by atoms with E-state index in [9.17, 15) is 9.59 Å². The molecule has 3 fully saturated rings. The number of nitrogens with zero attached hydrogens (tertiary/aromatic N) is 1. The molecule has 4 atom stereocenters. The molecule has 0 N–H and O–H groups in total. The van der Waals surface area contributed by atoms with Crippen molar-refractivity contribution in [3.05, 3.63) is 0 Å². The molecule has 16 heavy (non-hydrogen) atoms. The van der Waals surface area contributed by atoms with Gasteiger partial charge in [-0.15, -0.1) is 0 Å². The van der Waals surface area contributed by atoms with Gasteiger partial charge in [-0.25, -0.2) is 0 Å². The third-order valence-electron chi connectivity index (χ3n) is 4.63. The van der Waals surface area contributed by atoms with Gasteiger partial charge in [-0.1, -0.05) is 6.42 Å². The first-order valence-electron chi connectivity index (χ1n) is 6.11. The highest BCUT2D eigenvalue weighted by atomic mass is 16.7. The number of hydroxylamine groups is 2. The molecule has 0 radical (unpaired) electrons. The van der Waals surface area contributed by atoms with Crippen molar-refractivity contribution in [1.29, 1.82) is 0 Å². The summed E-state index contributed by atoms with van der Waals surface area (Å²) in [5, 5.41) is 0.955. The van der Waals surface area contributed by atoms with Crippen molar-refractivity contribution in [2.45, 2.75) is 32.1 Å². The smallest absolute Gasteiger partial charge is 0.257 e. The number of carbonyl (C=O) groups is 2. The minimum Gasteiger partial charge on any atom is -0.272 e. The number of hydrogen-bond acceptors (Lipinski definition) is 3. The van der Waals surface area contributed by atoms with Crippen molar-refractivity contribution in [2.75, 3.05) is 7.11 Å². The van der Waals surface area contributed by atoms with Crippen LogP contribution in [0.5, 0.6) is 0 Å². The van der Waals surface area contributed by atoms with Gasteiger partial charge in [0.05, 0.1) is 13.0 Å². The van der Waals surface area contributed by atoms with Crippen molar-refractivity contribution < 1.29 is 14.4 Å². The third kappa shape index (κ3) is 1.32. The standard InChI is InChI=1S/C12H17NO3/c1-16-13-11(14)6-10(12(13)15)9-5-7-2-3-8(9)4-7/h7-10H,2-6H2,1H3. The molecule has 1 heterocycles. The number of amides is 2. The minimum atomic E-state index is -0.166. The second-order valence-corrected chi connectivity index (χ2v) is 5.36. The van der Waals surface area contributed by atoms with E-state index in [1.807, 2.05) is 0 Å². The van der Waals surface area contributed by atoms with Crippen LogP contribution in [0.1, 0.15) is 32.1 Å². The Bertz CT molecular complexity index is 341. The Morgan fingerprint density at radius 1 is 1.25 bits per heavy atom. The molecule has 4 unspecified atom stereocenters. The summed E-state index contributed by atoms with van der Waals surface area (Å²) in [6, 6.07) is 0. The van der Waals surface area contributed by atoms with E-state index in [2.05, 4.69) is 0 Å². The maximum absolute atomic E-state index is 12.0. The van der Waals surface area contributed by atoms with Crippen LogP contribution in [0.3, 0.4) is 0 Å². The molecule has 3 aliphatic rings. The Morgan fingerprint density at radius 2 is 2.06 bits per heavy atom. The monoisotopic (exact) mass is 223 g/mol. The van der Waals surface area contributed by atoms with Gasteiger partial charge in [-0.05, 0) is 37.0 Å². The van der Waals surface area contributed by atoms with Gasteiger partial charge >= 0.3 is 0 Å². The van der Waals surface area contributed by atoms with Gasteiger partial charge in [0.15, 0.2) is 0 Å². The lowest BCUT2D eigenvalue weighted by Crippen LogP contribution is -2.32. The molecule has 2 aliphatic carbocycles. The van der Waals surface area contributed by atoms with E-state index in [4.69, 9.17) is 4.84 Å². The van der Waals surface area contributed by atoms with E-state index >= 15 is 0 Å². The summed E-state index contributed by atoms with van der Waals surface area (Å²) in [7, 11) is 1.39. The summed E-state index contributed by atoms with van der Waals surface area (Å²) in [6.07, 6.45) is 5.35. The molecule has 2 amide bonds. The van der Waals surface area contributed by atoms with Crippen molar-refractivity contribution >= 4 is 11.8 Å². The molecule has 0 aromatic carbocycles. The number of fused-ring (bicyclic) bond motifs is 2. The predicted octanol–water partition coefficient (Wildman–Crippen LogP) is 1.36. The van der Waals surface area contributed by atoms with Gasteiger partial charge in [0, 0.05) is 6.42 Å². The first-order valence-corrected chi connectivity index (χ1v) is 6.11. The maximum atomic E-state index is 12.0.